The molecule has 25 heavy (non-hydrogen) atoms. The summed E-state index contributed by atoms with van der Waals surface area (Å²) < 4.78 is 5.15. The molecule has 0 aliphatic carbocycles. The lowest BCUT2D eigenvalue weighted by atomic mass is 10.0. The first-order valence-electron chi connectivity index (χ1n) is 7.75. The van der Waals surface area contributed by atoms with Gasteiger partial charge in [-0.05, 0) is 17.7 Å². The molecule has 1 aromatic carbocycles. The van der Waals surface area contributed by atoms with Gasteiger partial charge in [0.05, 0.1) is 24.4 Å². The van der Waals surface area contributed by atoms with Gasteiger partial charge in [0.2, 0.25) is 0 Å². The number of aromatic amines is 1. The Balaban J connectivity index is 1.79. The molecule has 2 atom stereocenters. The highest BCUT2D eigenvalue weighted by Gasteiger charge is 2.24. The van der Waals surface area contributed by atoms with E-state index >= 15 is 0 Å². The van der Waals surface area contributed by atoms with Crippen LogP contribution in [0.25, 0.3) is 10.9 Å². The third-order valence-corrected chi connectivity index (χ3v) is 4.11. The number of hydrogen-bond donors (Lipinski definition) is 3. The Morgan fingerprint density at radius 1 is 1.36 bits per heavy atom. The lowest BCUT2D eigenvalue weighted by Gasteiger charge is -2.23. The molecule has 2 heterocycles. The van der Waals surface area contributed by atoms with Gasteiger partial charge in [0, 0.05) is 12.5 Å². The predicted molar refractivity (Wildman–Crippen MR) is 95.6 cm³/mol. The summed E-state index contributed by atoms with van der Waals surface area (Å²) >= 11 is 5.87. The number of aromatic nitrogens is 2. The van der Waals surface area contributed by atoms with Crippen LogP contribution in [0.5, 0.6) is 0 Å². The second kappa shape index (κ2) is 7.65. The van der Waals surface area contributed by atoms with Crippen molar-refractivity contribution >= 4 is 28.4 Å². The fourth-order valence-electron chi connectivity index (χ4n) is 2.65. The van der Waals surface area contributed by atoms with Crippen LogP contribution >= 0.6 is 11.6 Å². The number of rotatable bonds is 6. The van der Waals surface area contributed by atoms with Gasteiger partial charge in [0.25, 0.3) is 5.91 Å². The molecule has 1 amide bonds. The number of benzene rings is 1. The number of hydrogen-bond acceptors (Lipinski definition) is 4. The van der Waals surface area contributed by atoms with E-state index in [9.17, 15) is 9.90 Å². The van der Waals surface area contributed by atoms with Crippen molar-refractivity contribution in [3.63, 3.8) is 0 Å². The summed E-state index contributed by atoms with van der Waals surface area (Å²) in [6.07, 6.45) is 0.686. The zero-order valence-electron chi connectivity index (χ0n) is 13.6. The first-order chi connectivity index (χ1) is 12.1. The van der Waals surface area contributed by atoms with Crippen molar-refractivity contribution in [3.05, 3.63) is 65.1 Å². The zero-order valence-corrected chi connectivity index (χ0v) is 14.3. The molecule has 7 heteroatoms. The third-order valence-electron chi connectivity index (χ3n) is 3.90. The number of aliphatic hydroxyl groups excluding tert-OH is 1. The molecule has 0 aliphatic heterocycles. The van der Waals surface area contributed by atoms with Crippen LogP contribution in [-0.2, 0) is 4.74 Å². The Morgan fingerprint density at radius 2 is 2.12 bits per heavy atom. The quantitative estimate of drug-likeness (QED) is 0.590. The summed E-state index contributed by atoms with van der Waals surface area (Å²) in [6, 6.07) is 11.9. The highest BCUT2D eigenvalue weighted by atomic mass is 35.5. The first kappa shape index (κ1) is 17.4. The normalized spacial score (nSPS) is 13.6. The standard InChI is InChI=1S/C18H18ClN3O3/c1-25-10-15(17(23)11-5-3-2-4-6-11)22-18(24)13-7-12-8-16(19)20-9-14(12)21-13/h2-9,15,17,21,23H,10H2,1H3,(H,22,24)/t15-,17-/m0/s1. The molecule has 6 nitrogen and oxygen atoms in total. The summed E-state index contributed by atoms with van der Waals surface area (Å²) in [7, 11) is 1.52. The summed E-state index contributed by atoms with van der Waals surface area (Å²) in [4.78, 5) is 19.5. The molecule has 3 N–H and O–H groups in total. The molecule has 0 aliphatic rings. The molecule has 0 saturated heterocycles. The SMILES string of the molecule is COC[C@H](NC(=O)c1cc2cc(Cl)ncc2[nH]1)[C@@H](O)c1ccccc1. The van der Waals surface area contributed by atoms with Gasteiger partial charge in [-0.15, -0.1) is 0 Å². The third kappa shape index (κ3) is 3.99. The molecule has 0 unspecified atom stereocenters. The number of halogens is 1. The van der Waals surface area contributed by atoms with Gasteiger partial charge in [-0.1, -0.05) is 41.9 Å². The zero-order chi connectivity index (χ0) is 17.8. The van der Waals surface area contributed by atoms with Crippen molar-refractivity contribution in [3.8, 4) is 0 Å². The number of pyridine rings is 1. The van der Waals surface area contributed by atoms with Crippen molar-refractivity contribution < 1.29 is 14.6 Å². The molecular weight excluding hydrogens is 342 g/mol. The van der Waals surface area contributed by atoms with E-state index in [4.69, 9.17) is 16.3 Å². The minimum Gasteiger partial charge on any atom is -0.386 e. The maximum absolute atomic E-state index is 12.6. The van der Waals surface area contributed by atoms with E-state index in [2.05, 4.69) is 15.3 Å². The smallest absolute Gasteiger partial charge is 0.268 e. The maximum atomic E-state index is 12.6. The number of carbonyl (C=O) groups is 1. The molecule has 3 rings (SSSR count). The minimum absolute atomic E-state index is 0.176. The van der Waals surface area contributed by atoms with Crippen LogP contribution in [0.1, 0.15) is 22.2 Å². The molecule has 130 valence electrons. The molecule has 3 aromatic rings. The molecule has 0 saturated carbocycles. The van der Waals surface area contributed by atoms with E-state index in [0.29, 0.717) is 21.9 Å². The van der Waals surface area contributed by atoms with Crippen LogP contribution in [0.2, 0.25) is 5.15 Å². The van der Waals surface area contributed by atoms with Gasteiger partial charge in [0.15, 0.2) is 0 Å². The van der Waals surface area contributed by atoms with Gasteiger partial charge in [-0.2, -0.15) is 0 Å². The number of ether oxygens (including phenoxy) is 1. The van der Waals surface area contributed by atoms with Crippen LogP contribution in [0.4, 0.5) is 0 Å². The van der Waals surface area contributed by atoms with Gasteiger partial charge in [-0.25, -0.2) is 4.98 Å². The fourth-order valence-corrected chi connectivity index (χ4v) is 2.81. The Morgan fingerprint density at radius 3 is 2.84 bits per heavy atom. The number of aliphatic hydroxyl groups is 1. The average molecular weight is 360 g/mol. The highest BCUT2D eigenvalue weighted by molar-refractivity contribution is 6.30. The van der Waals surface area contributed by atoms with Gasteiger partial charge in [0.1, 0.15) is 17.0 Å². The molecule has 0 radical (unpaired) electrons. The van der Waals surface area contributed by atoms with Crippen molar-refractivity contribution in [2.75, 3.05) is 13.7 Å². The van der Waals surface area contributed by atoms with Crippen LogP contribution in [0.15, 0.2) is 48.7 Å². The molecule has 0 bridgehead atoms. The molecular formula is C18H18ClN3O3. The van der Waals surface area contributed by atoms with E-state index in [1.807, 2.05) is 18.2 Å². The number of methoxy groups -OCH3 is 1. The largest absolute Gasteiger partial charge is 0.386 e. The van der Waals surface area contributed by atoms with Gasteiger partial charge >= 0.3 is 0 Å². The minimum atomic E-state index is -0.884. The number of nitrogens with zero attached hydrogens (tertiary/aromatic N) is 1. The molecule has 2 aromatic heterocycles. The van der Waals surface area contributed by atoms with Crippen LogP contribution in [0, 0.1) is 0 Å². The average Bonchev–Trinajstić information content (AvgIpc) is 3.04. The van der Waals surface area contributed by atoms with E-state index in [0.717, 1.165) is 5.39 Å². The van der Waals surface area contributed by atoms with E-state index in [-0.39, 0.29) is 12.5 Å². The number of fused-ring (bicyclic) bond motifs is 1. The topological polar surface area (TPSA) is 87.2 Å². The van der Waals surface area contributed by atoms with Crippen LogP contribution in [0.3, 0.4) is 0 Å². The lowest BCUT2D eigenvalue weighted by molar-refractivity contribution is 0.0592. The number of amides is 1. The Bertz CT molecular complexity index is 866. The van der Waals surface area contributed by atoms with E-state index in [1.165, 1.54) is 7.11 Å². The van der Waals surface area contributed by atoms with Crippen LogP contribution in [-0.4, -0.2) is 40.7 Å². The number of carbonyl (C=O) groups excluding carboxylic acids is 1. The van der Waals surface area contributed by atoms with E-state index in [1.54, 1.807) is 30.5 Å². The van der Waals surface area contributed by atoms with Crippen molar-refractivity contribution in [1.29, 1.82) is 0 Å². The molecule has 0 fully saturated rings. The van der Waals surface area contributed by atoms with E-state index < -0.39 is 12.1 Å². The molecule has 0 spiro atoms. The van der Waals surface area contributed by atoms with Crippen LogP contribution < -0.4 is 5.32 Å². The summed E-state index contributed by atoms with van der Waals surface area (Å²) in [5.74, 6) is -0.343. The van der Waals surface area contributed by atoms with Crippen molar-refractivity contribution in [2.24, 2.45) is 0 Å². The summed E-state index contributed by atoms with van der Waals surface area (Å²) in [6.45, 7) is 0.176. The number of nitrogens with one attached hydrogen (secondary N) is 2. The summed E-state index contributed by atoms with van der Waals surface area (Å²) in [5.41, 5.74) is 1.78. The Kier molecular flexibility index (Phi) is 5.33. The van der Waals surface area contributed by atoms with Gasteiger partial charge in [-0.3, -0.25) is 4.79 Å². The Labute approximate surface area is 149 Å². The summed E-state index contributed by atoms with van der Waals surface area (Å²) in [5, 5.41) is 14.5. The highest BCUT2D eigenvalue weighted by Crippen LogP contribution is 2.20. The van der Waals surface area contributed by atoms with Gasteiger partial charge < -0.3 is 20.1 Å². The second-order valence-corrected chi connectivity index (χ2v) is 6.06. The van der Waals surface area contributed by atoms with Crippen molar-refractivity contribution in [1.82, 2.24) is 15.3 Å². The number of H-pyrrole nitrogens is 1. The fraction of sp³-hybridized carbons (Fsp3) is 0.222. The first-order valence-corrected chi connectivity index (χ1v) is 8.13. The van der Waals surface area contributed by atoms with Crippen molar-refractivity contribution in [2.45, 2.75) is 12.1 Å². The predicted octanol–water partition coefficient (Wildman–Crippen LogP) is 2.69. The lowest BCUT2D eigenvalue weighted by Crippen LogP contribution is -2.42. The monoisotopic (exact) mass is 359 g/mol. The maximum Gasteiger partial charge on any atom is 0.268 e. The second-order valence-electron chi connectivity index (χ2n) is 5.67. The Hall–Kier alpha value is -2.41.